The van der Waals surface area contributed by atoms with E-state index in [1.165, 1.54) is 4.31 Å². The minimum atomic E-state index is -3.57. The van der Waals surface area contributed by atoms with Crippen LogP contribution in [0.15, 0.2) is 18.2 Å². The lowest BCUT2D eigenvalue weighted by atomic mass is 10.1. The summed E-state index contributed by atoms with van der Waals surface area (Å²) < 4.78 is 25.7. The number of hydrogen-bond donors (Lipinski definition) is 1. The molecule has 22 heavy (non-hydrogen) atoms. The molecular formula is C16H26N2O3S. The molecule has 0 aliphatic heterocycles. The van der Waals surface area contributed by atoms with Crippen molar-refractivity contribution >= 4 is 21.6 Å². The predicted molar refractivity (Wildman–Crippen MR) is 90.6 cm³/mol. The molecule has 1 aromatic carbocycles. The van der Waals surface area contributed by atoms with Gasteiger partial charge in [0.15, 0.2) is 0 Å². The van der Waals surface area contributed by atoms with Crippen LogP contribution in [0.3, 0.4) is 0 Å². The number of hydrogen-bond acceptors (Lipinski definition) is 3. The van der Waals surface area contributed by atoms with Gasteiger partial charge < -0.3 is 5.32 Å². The molecule has 0 aliphatic carbocycles. The second-order valence-corrected chi connectivity index (χ2v) is 7.77. The molecule has 0 fully saturated rings. The lowest BCUT2D eigenvalue weighted by Crippen LogP contribution is -2.50. The highest BCUT2D eigenvalue weighted by Gasteiger charge is 2.31. The Labute approximate surface area is 133 Å². The van der Waals surface area contributed by atoms with E-state index in [2.05, 4.69) is 5.32 Å². The molecule has 1 unspecified atom stereocenters. The van der Waals surface area contributed by atoms with E-state index in [4.69, 9.17) is 0 Å². The molecule has 124 valence electrons. The van der Waals surface area contributed by atoms with Gasteiger partial charge in [-0.15, -0.1) is 0 Å². The maximum atomic E-state index is 12.4. The maximum Gasteiger partial charge on any atom is 0.244 e. The zero-order valence-corrected chi connectivity index (χ0v) is 15.0. The van der Waals surface area contributed by atoms with E-state index in [0.29, 0.717) is 12.1 Å². The van der Waals surface area contributed by atoms with Gasteiger partial charge in [0.25, 0.3) is 0 Å². The van der Waals surface area contributed by atoms with E-state index in [1.807, 2.05) is 46.8 Å². The summed E-state index contributed by atoms with van der Waals surface area (Å²) in [6.07, 6.45) is 1.53. The monoisotopic (exact) mass is 326 g/mol. The highest BCUT2D eigenvalue weighted by Crippen LogP contribution is 2.25. The number of nitrogens with zero attached hydrogens (tertiary/aromatic N) is 1. The molecule has 6 heteroatoms. The summed E-state index contributed by atoms with van der Waals surface area (Å²) in [5.74, 6) is -0.277. The van der Waals surface area contributed by atoms with Crippen molar-refractivity contribution in [3.05, 3.63) is 29.3 Å². The third-order valence-corrected chi connectivity index (χ3v) is 4.69. The van der Waals surface area contributed by atoms with Crippen molar-refractivity contribution in [1.29, 1.82) is 0 Å². The van der Waals surface area contributed by atoms with Gasteiger partial charge in [0.2, 0.25) is 15.9 Å². The SMILES string of the molecule is CCC(C(=O)NC(C)C)N(c1ccc(C)c(C)c1)S(C)(=O)=O. The van der Waals surface area contributed by atoms with Crippen LogP contribution in [0.2, 0.25) is 0 Å². The standard InChI is InChI=1S/C16H26N2O3S/c1-7-15(16(19)17-11(2)3)18(22(6,20)21)14-9-8-12(4)13(5)10-14/h8-11,15H,7H2,1-6H3,(H,17,19). The molecule has 5 nitrogen and oxygen atoms in total. The zero-order chi connectivity index (χ0) is 17.1. The van der Waals surface area contributed by atoms with E-state index < -0.39 is 16.1 Å². The zero-order valence-electron chi connectivity index (χ0n) is 14.2. The Bertz CT molecular complexity index is 639. The molecule has 1 N–H and O–H groups in total. The summed E-state index contributed by atoms with van der Waals surface area (Å²) in [6, 6.07) is 4.63. The van der Waals surface area contributed by atoms with Crippen LogP contribution in [0, 0.1) is 13.8 Å². The topological polar surface area (TPSA) is 66.5 Å². The van der Waals surface area contributed by atoms with Crippen molar-refractivity contribution in [2.24, 2.45) is 0 Å². The predicted octanol–water partition coefficient (Wildman–Crippen LogP) is 2.37. The maximum absolute atomic E-state index is 12.4. The van der Waals surface area contributed by atoms with E-state index >= 15 is 0 Å². The first-order valence-corrected chi connectivity index (χ1v) is 9.29. The van der Waals surface area contributed by atoms with Crippen molar-refractivity contribution < 1.29 is 13.2 Å². The van der Waals surface area contributed by atoms with Crippen LogP contribution in [-0.4, -0.2) is 32.7 Å². The van der Waals surface area contributed by atoms with E-state index in [1.54, 1.807) is 6.07 Å². The van der Waals surface area contributed by atoms with Gasteiger partial charge >= 0.3 is 0 Å². The first-order valence-electron chi connectivity index (χ1n) is 7.45. The molecule has 1 aromatic rings. The molecule has 1 atom stereocenters. The number of sulfonamides is 1. The van der Waals surface area contributed by atoms with E-state index in [9.17, 15) is 13.2 Å². The molecule has 0 saturated carbocycles. The average molecular weight is 326 g/mol. The summed E-state index contributed by atoms with van der Waals surface area (Å²) in [5.41, 5.74) is 2.60. The fraction of sp³-hybridized carbons (Fsp3) is 0.562. The number of amides is 1. The van der Waals surface area contributed by atoms with Crippen LogP contribution in [-0.2, 0) is 14.8 Å². The van der Waals surface area contributed by atoms with Gasteiger partial charge in [0, 0.05) is 6.04 Å². The van der Waals surface area contributed by atoms with Gasteiger partial charge in [-0.3, -0.25) is 9.10 Å². The summed E-state index contributed by atoms with van der Waals surface area (Å²) in [4.78, 5) is 12.4. The lowest BCUT2D eigenvalue weighted by molar-refractivity contribution is -0.122. The Hall–Kier alpha value is -1.56. The Morgan fingerprint density at radius 2 is 1.82 bits per heavy atom. The Morgan fingerprint density at radius 3 is 2.23 bits per heavy atom. The fourth-order valence-electron chi connectivity index (χ4n) is 2.30. The molecule has 0 aliphatic rings. The first kappa shape index (κ1) is 18.5. The number of rotatable bonds is 6. The quantitative estimate of drug-likeness (QED) is 0.873. The second-order valence-electron chi connectivity index (χ2n) is 5.91. The normalized spacial score (nSPS) is 13.0. The minimum Gasteiger partial charge on any atom is -0.352 e. The average Bonchev–Trinajstić information content (AvgIpc) is 2.36. The first-order chi connectivity index (χ1) is 10.1. The smallest absolute Gasteiger partial charge is 0.244 e. The number of aryl methyl sites for hydroxylation is 2. The molecule has 0 aromatic heterocycles. The number of carbonyl (C=O) groups excluding carboxylic acids is 1. The number of benzene rings is 1. The fourth-order valence-corrected chi connectivity index (χ4v) is 3.51. The molecular weight excluding hydrogens is 300 g/mol. The number of carbonyl (C=O) groups is 1. The van der Waals surface area contributed by atoms with Crippen LogP contribution in [0.5, 0.6) is 0 Å². The van der Waals surface area contributed by atoms with Crippen molar-refractivity contribution in [1.82, 2.24) is 5.32 Å². The molecule has 1 amide bonds. The number of anilines is 1. The van der Waals surface area contributed by atoms with Crippen LogP contribution in [0.1, 0.15) is 38.3 Å². The van der Waals surface area contributed by atoms with Crippen molar-refractivity contribution in [3.63, 3.8) is 0 Å². The van der Waals surface area contributed by atoms with Gasteiger partial charge in [0.1, 0.15) is 6.04 Å². The molecule has 0 heterocycles. The minimum absolute atomic E-state index is 0.0392. The van der Waals surface area contributed by atoms with Crippen LogP contribution >= 0.6 is 0 Å². The van der Waals surface area contributed by atoms with Gasteiger partial charge in [-0.2, -0.15) is 0 Å². The Kier molecular flexibility index (Phi) is 6.00. The van der Waals surface area contributed by atoms with Crippen molar-refractivity contribution in [3.8, 4) is 0 Å². The summed E-state index contributed by atoms with van der Waals surface area (Å²) in [7, 11) is -3.57. The highest BCUT2D eigenvalue weighted by atomic mass is 32.2. The third kappa shape index (κ3) is 4.47. The van der Waals surface area contributed by atoms with Crippen LogP contribution < -0.4 is 9.62 Å². The number of nitrogens with one attached hydrogen (secondary N) is 1. The molecule has 0 spiro atoms. The summed E-state index contributed by atoms with van der Waals surface area (Å²) in [5, 5.41) is 2.80. The molecule has 0 saturated heterocycles. The van der Waals surface area contributed by atoms with E-state index in [-0.39, 0.29) is 11.9 Å². The highest BCUT2D eigenvalue weighted by molar-refractivity contribution is 7.92. The lowest BCUT2D eigenvalue weighted by Gasteiger charge is -2.31. The van der Waals surface area contributed by atoms with E-state index in [0.717, 1.165) is 17.4 Å². The Balaban J connectivity index is 3.33. The van der Waals surface area contributed by atoms with Crippen LogP contribution in [0.25, 0.3) is 0 Å². The van der Waals surface area contributed by atoms with Gasteiger partial charge in [0.05, 0.1) is 11.9 Å². The second kappa shape index (κ2) is 7.13. The molecule has 1 rings (SSSR count). The summed E-state index contributed by atoms with van der Waals surface area (Å²) in [6.45, 7) is 9.40. The summed E-state index contributed by atoms with van der Waals surface area (Å²) >= 11 is 0. The van der Waals surface area contributed by atoms with Gasteiger partial charge in [-0.1, -0.05) is 13.0 Å². The van der Waals surface area contributed by atoms with Crippen molar-refractivity contribution in [2.45, 2.75) is 53.1 Å². The molecule has 0 radical (unpaired) electrons. The van der Waals surface area contributed by atoms with Gasteiger partial charge in [-0.25, -0.2) is 8.42 Å². The van der Waals surface area contributed by atoms with Crippen LogP contribution in [0.4, 0.5) is 5.69 Å². The largest absolute Gasteiger partial charge is 0.352 e. The van der Waals surface area contributed by atoms with Gasteiger partial charge in [-0.05, 0) is 57.4 Å². The molecule has 0 bridgehead atoms. The third-order valence-electron chi connectivity index (χ3n) is 3.51. The van der Waals surface area contributed by atoms with Crippen molar-refractivity contribution in [2.75, 3.05) is 10.6 Å². The Morgan fingerprint density at radius 1 is 1.23 bits per heavy atom.